The number of ether oxygens (including phenoxy) is 1. The standard InChI is InChI=1S/C29H31ClN4O4S2/c1-20-4-10-25(11-5-20)40(36,37)32-24-8-6-22(7-9-24)28(35)34(13-3-12-33-14-16-38-17-15-33)29-31-27-21(2)18-23(30)19-26(27)39-29/h4-11,18-19,32H,3,12-17H2,1-2H3. The molecule has 1 aliphatic rings. The number of aromatic nitrogens is 1. The van der Waals surface area contributed by atoms with E-state index in [1.54, 1.807) is 53.4 Å². The molecule has 1 aromatic heterocycles. The molecule has 0 saturated carbocycles. The minimum absolute atomic E-state index is 0.177. The smallest absolute Gasteiger partial charge is 0.261 e. The quantitative estimate of drug-likeness (QED) is 0.264. The Bertz CT molecular complexity index is 1600. The van der Waals surface area contributed by atoms with E-state index in [0.717, 1.165) is 60.6 Å². The van der Waals surface area contributed by atoms with Gasteiger partial charge in [-0.2, -0.15) is 0 Å². The summed E-state index contributed by atoms with van der Waals surface area (Å²) in [5.41, 5.74) is 3.58. The summed E-state index contributed by atoms with van der Waals surface area (Å²) in [6, 6.07) is 16.9. The Morgan fingerprint density at radius 3 is 2.48 bits per heavy atom. The van der Waals surface area contributed by atoms with Crippen LogP contribution in [0.25, 0.3) is 10.2 Å². The van der Waals surface area contributed by atoms with Crippen LogP contribution in [0.3, 0.4) is 0 Å². The summed E-state index contributed by atoms with van der Waals surface area (Å²) in [6.45, 7) is 8.41. The zero-order valence-corrected chi connectivity index (χ0v) is 24.8. The molecule has 4 aromatic rings. The normalized spacial score (nSPS) is 14.4. The SMILES string of the molecule is Cc1ccc(S(=O)(=O)Nc2ccc(C(=O)N(CCCN3CCOCC3)c3nc4c(C)cc(Cl)cc4s3)cc2)cc1. The second kappa shape index (κ2) is 12.2. The van der Waals surface area contributed by atoms with E-state index in [1.165, 1.54) is 11.3 Å². The lowest BCUT2D eigenvalue weighted by Crippen LogP contribution is -2.39. The van der Waals surface area contributed by atoms with Crippen molar-refractivity contribution in [1.29, 1.82) is 0 Å². The maximum absolute atomic E-state index is 13.8. The largest absolute Gasteiger partial charge is 0.379 e. The number of nitrogens with one attached hydrogen (secondary N) is 1. The van der Waals surface area contributed by atoms with Gasteiger partial charge in [-0.05, 0) is 74.4 Å². The molecule has 0 unspecified atom stereocenters. The molecule has 1 saturated heterocycles. The van der Waals surface area contributed by atoms with E-state index in [1.807, 2.05) is 26.0 Å². The maximum Gasteiger partial charge on any atom is 0.261 e. The molecule has 2 heterocycles. The first kappa shape index (κ1) is 28.5. The van der Waals surface area contributed by atoms with Crippen molar-refractivity contribution in [2.45, 2.75) is 25.2 Å². The summed E-state index contributed by atoms with van der Waals surface area (Å²) in [6.07, 6.45) is 0.774. The number of carbonyl (C=O) groups is 1. The molecule has 1 N–H and O–H groups in total. The summed E-state index contributed by atoms with van der Waals surface area (Å²) < 4.78 is 34.6. The van der Waals surface area contributed by atoms with E-state index in [-0.39, 0.29) is 10.8 Å². The van der Waals surface area contributed by atoms with Crippen LogP contribution in [0.2, 0.25) is 5.02 Å². The van der Waals surface area contributed by atoms with E-state index in [4.69, 9.17) is 21.3 Å². The third kappa shape index (κ3) is 6.64. The predicted octanol–water partition coefficient (Wildman–Crippen LogP) is 5.74. The molecular formula is C29H31ClN4O4S2. The minimum atomic E-state index is -3.75. The Balaban J connectivity index is 1.36. The minimum Gasteiger partial charge on any atom is -0.379 e. The zero-order chi connectivity index (χ0) is 28.3. The van der Waals surface area contributed by atoms with Crippen molar-refractivity contribution in [3.8, 4) is 0 Å². The third-order valence-electron chi connectivity index (χ3n) is 6.79. The van der Waals surface area contributed by atoms with E-state index in [0.29, 0.717) is 27.9 Å². The topological polar surface area (TPSA) is 91.8 Å². The van der Waals surface area contributed by atoms with Gasteiger partial charge in [-0.1, -0.05) is 40.6 Å². The summed E-state index contributed by atoms with van der Waals surface area (Å²) in [5.74, 6) is -0.197. The van der Waals surface area contributed by atoms with E-state index in [9.17, 15) is 13.2 Å². The fraction of sp³-hybridized carbons (Fsp3) is 0.310. The number of amides is 1. The van der Waals surface area contributed by atoms with Gasteiger partial charge in [0.15, 0.2) is 5.13 Å². The number of halogens is 1. The van der Waals surface area contributed by atoms with Crippen molar-refractivity contribution < 1.29 is 17.9 Å². The Morgan fingerprint density at radius 2 is 1.77 bits per heavy atom. The van der Waals surface area contributed by atoms with Crippen LogP contribution in [0.15, 0.2) is 65.6 Å². The number of nitrogens with zero attached hydrogens (tertiary/aromatic N) is 3. The molecule has 5 rings (SSSR count). The van der Waals surface area contributed by atoms with Crippen LogP contribution >= 0.6 is 22.9 Å². The van der Waals surface area contributed by atoms with Crippen LogP contribution in [0.4, 0.5) is 10.8 Å². The molecule has 0 aliphatic carbocycles. The molecule has 3 aromatic carbocycles. The molecule has 210 valence electrons. The van der Waals surface area contributed by atoms with Gasteiger partial charge in [-0.25, -0.2) is 13.4 Å². The van der Waals surface area contributed by atoms with Crippen LogP contribution in [0.1, 0.15) is 27.9 Å². The average Bonchev–Trinajstić information content (AvgIpc) is 3.36. The van der Waals surface area contributed by atoms with Gasteiger partial charge in [0.05, 0.1) is 28.3 Å². The lowest BCUT2D eigenvalue weighted by atomic mass is 10.2. The molecule has 1 aliphatic heterocycles. The predicted molar refractivity (Wildman–Crippen MR) is 161 cm³/mol. The highest BCUT2D eigenvalue weighted by Crippen LogP contribution is 2.34. The van der Waals surface area contributed by atoms with Crippen LogP contribution < -0.4 is 9.62 Å². The van der Waals surface area contributed by atoms with Gasteiger partial charge in [0, 0.05) is 42.5 Å². The Labute approximate surface area is 243 Å². The zero-order valence-electron chi connectivity index (χ0n) is 22.4. The highest BCUT2D eigenvalue weighted by atomic mass is 35.5. The molecular weight excluding hydrogens is 568 g/mol. The first-order chi connectivity index (χ1) is 19.2. The average molecular weight is 599 g/mol. The summed E-state index contributed by atoms with van der Waals surface area (Å²) in [4.78, 5) is 22.8. The first-order valence-corrected chi connectivity index (χ1v) is 15.8. The lowest BCUT2D eigenvalue weighted by molar-refractivity contribution is 0.0376. The highest BCUT2D eigenvalue weighted by Gasteiger charge is 2.23. The number of carbonyl (C=O) groups excluding carboxylic acids is 1. The van der Waals surface area contributed by atoms with Crippen molar-refractivity contribution in [2.24, 2.45) is 0 Å². The molecule has 40 heavy (non-hydrogen) atoms. The van der Waals surface area contributed by atoms with Gasteiger partial charge in [0.25, 0.3) is 15.9 Å². The molecule has 0 radical (unpaired) electrons. The van der Waals surface area contributed by atoms with Crippen molar-refractivity contribution in [3.05, 3.63) is 82.4 Å². The number of fused-ring (bicyclic) bond motifs is 1. The monoisotopic (exact) mass is 598 g/mol. The first-order valence-electron chi connectivity index (χ1n) is 13.1. The number of aryl methyl sites for hydroxylation is 2. The van der Waals surface area contributed by atoms with Gasteiger partial charge in [0.2, 0.25) is 0 Å². The number of rotatable bonds is 9. The number of thiazole rings is 1. The molecule has 0 bridgehead atoms. The van der Waals surface area contributed by atoms with Gasteiger partial charge in [-0.3, -0.25) is 19.3 Å². The van der Waals surface area contributed by atoms with E-state index >= 15 is 0 Å². The second-order valence-electron chi connectivity index (χ2n) is 9.83. The van der Waals surface area contributed by atoms with Crippen LogP contribution in [0, 0.1) is 13.8 Å². The van der Waals surface area contributed by atoms with Gasteiger partial charge in [-0.15, -0.1) is 0 Å². The maximum atomic E-state index is 13.8. The number of benzene rings is 3. The molecule has 8 nitrogen and oxygen atoms in total. The fourth-order valence-corrected chi connectivity index (χ4v) is 7.09. The molecule has 1 fully saturated rings. The Hall–Kier alpha value is -3.02. The highest BCUT2D eigenvalue weighted by molar-refractivity contribution is 7.92. The van der Waals surface area contributed by atoms with Crippen molar-refractivity contribution in [3.63, 3.8) is 0 Å². The Kier molecular flexibility index (Phi) is 8.72. The fourth-order valence-electron chi connectivity index (χ4n) is 4.59. The van der Waals surface area contributed by atoms with Crippen LogP contribution in [-0.2, 0) is 14.8 Å². The van der Waals surface area contributed by atoms with Crippen molar-refractivity contribution in [2.75, 3.05) is 49.0 Å². The number of hydrogen-bond acceptors (Lipinski definition) is 7. The van der Waals surface area contributed by atoms with Gasteiger partial charge in [0.1, 0.15) is 0 Å². The second-order valence-corrected chi connectivity index (χ2v) is 13.0. The third-order valence-corrected chi connectivity index (χ3v) is 9.43. The number of morpholine rings is 1. The molecule has 0 atom stereocenters. The summed E-state index contributed by atoms with van der Waals surface area (Å²) in [5, 5.41) is 1.24. The number of hydrogen-bond donors (Lipinski definition) is 1. The van der Waals surface area contributed by atoms with Crippen LogP contribution in [0.5, 0.6) is 0 Å². The summed E-state index contributed by atoms with van der Waals surface area (Å²) in [7, 11) is -3.75. The van der Waals surface area contributed by atoms with Crippen molar-refractivity contribution in [1.82, 2.24) is 9.88 Å². The number of sulfonamides is 1. The lowest BCUT2D eigenvalue weighted by Gasteiger charge is -2.27. The van der Waals surface area contributed by atoms with Gasteiger partial charge < -0.3 is 4.74 Å². The van der Waals surface area contributed by atoms with Gasteiger partial charge >= 0.3 is 0 Å². The van der Waals surface area contributed by atoms with E-state index in [2.05, 4.69) is 9.62 Å². The number of anilines is 2. The van der Waals surface area contributed by atoms with E-state index < -0.39 is 10.0 Å². The Morgan fingerprint density at radius 1 is 1.07 bits per heavy atom. The van der Waals surface area contributed by atoms with Crippen molar-refractivity contribution >= 4 is 59.9 Å². The van der Waals surface area contributed by atoms with Crippen LogP contribution in [-0.4, -0.2) is 63.6 Å². The summed E-state index contributed by atoms with van der Waals surface area (Å²) >= 11 is 7.72. The molecule has 1 amide bonds. The molecule has 0 spiro atoms. The molecule has 11 heteroatoms.